The summed E-state index contributed by atoms with van der Waals surface area (Å²) in [6, 6.07) is 12.7. The largest absolute Gasteiger partial charge is 0.349 e. The van der Waals surface area contributed by atoms with Gasteiger partial charge in [0.05, 0.1) is 12.2 Å². The Kier molecular flexibility index (Phi) is 5.43. The highest BCUT2D eigenvalue weighted by molar-refractivity contribution is 6.31. The zero-order chi connectivity index (χ0) is 18.5. The van der Waals surface area contributed by atoms with Crippen molar-refractivity contribution < 1.29 is 4.79 Å². The van der Waals surface area contributed by atoms with Gasteiger partial charge in [-0.15, -0.1) is 0 Å². The fraction of sp³-hybridized carbons (Fsp3) is 0.158. The summed E-state index contributed by atoms with van der Waals surface area (Å²) in [6.45, 7) is 4.19. The lowest BCUT2D eigenvalue weighted by atomic mass is 10.2. The summed E-state index contributed by atoms with van der Waals surface area (Å²) < 4.78 is 0. The summed E-state index contributed by atoms with van der Waals surface area (Å²) in [5.74, 6) is 0.0547. The molecule has 0 radical (unpaired) electrons. The number of hydrogen-bond donors (Lipinski definition) is 2. The van der Waals surface area contributed by atoms with Crippen molar-refractivity contribution in [2.75, 3.05) is 10.6 Å². The first-order chi connectivity index (χ1) is 12.5. The van der Waals surface area contributed by atoms with Crippen LogP contribution in [-0.4, -0.2) is 20.9 Å². The van der Waals surface area contributed by atoms with Crippen LogP contribution in [0.1, 0.15) is 27.4 Å². The van der Waals surface area contributed by atoms with E-state index in [1.54, 1.807) is 24.4 Å². The number of aryl methyl sites for hydroxylation is 2. The number of nitrogens with zero attached hydrogens (tertiary/aromatic N) is 3. The van der Waals surface area contributed by atoms with E-state index in [1.165, 1.54) is 0 Å². The molecule has 3 aromatic rings. The van der Waals surface area contributed by atoms with Crippen LogP contribution in [0.3, 0.4) is 0 Å². The van der Waals surface area contributed by atoms with Gasteiger partial charge in [-0.1, -0.05) is 23.7 Å². The van der Waals surface area contributed by atoms with Crippen LogP contribution in [0.2, 0.25) is 5.02 Å². The summed E-state index contributed by atoms with van der Waals surface area (Å²) in [5.41, 5.74) is 3.39. The van der Waals surface area contributed by atoms with Crippen molar-refractivity contribution in [3.05, 3.63) is 76.3 Å². The molecule has 26 heavy (non-hydrogen) atoms. The first-order valence-electron chi connectivity index (χ1n) is 8.08. The summed E-state index contributed by atoms with van der Waals surface area (Å²) in [6.07, 6.45) is 1.72. The summed E-state index contributed by atoms with van der Waals surface area (Å²) in [4.78, 5) is 25.3. The van der Waals surface area contributed by atoms with Gasteiger partial charge >= 0.3 is 0 Å². The SMILES string of the molecule is Cc1cc(C(=O)Nc2ccc(C)c(Cl)c2)nc(NCc2ccccn2)n1. The Morgan fingerprint density at radius 3 is 2.69 bits per heavy atom. The van der Waals surface area contributed by atoms with Gasteiger partial charge in [-0.3, -0.25) is 9.78 Å². The predicted molar refractivity (Wildman–Crippen MR) is 102 cm³/mol. The van der Waals surface area contributed by atoms with Crippen LogP contribution in [0.5, 0.6) is 0 Å². The van der Waals surface area contributed by atoms with E-state index in [0.29, 0.717) is 28.9 Å². The zero-order valence-electron chi connectivity index (χ0n) is 14.5. The number of aromatic nitrogens is 3. The minimum absolute atomic E-state index is 0.276. The lowest BCUT2D eigenvalue weighted by Gasteiger charge is -2.09. The lowest BCUT2D eigenvalue weighted by Crippen LogP contribution is -2.16. The second-order valence-corrected chi connectivity index (χ2v) is 6.22. The number of benzene rings is 1. The molecule has 0 atom stereocenters. The Labute approximate surface area is 156 Å². The second-order valence-electron chi connectivity index (χ2n) is 5.81. The molecular formula is C19H18ClN5O. The first-order valence-corrected chi connectivity index (χ1v) is 8.46. The van der Waals surface area contributed by atoms with Gasteiger partial charge < -0.3 is 10.6 Å². The standard InChI is InChI=1S/C19H18ClN5O/c1-12-6-7-14(10-16(12)20)24-18(26)17-9-13(2)23-19(25-17)22-11-15-5-3-4-8-21-15/h3-10H,11H2,1-2H3,(H,24,26)(H,22,23,25). The molecule has 0 unspecified atom stereocenters. The van der Waals surface area contributed by atoms with E-state index >= 15 is 0 Å². The minimum atomic E-state index is -0.323. The Balaban J connectivity index is 1.73. The summed E-state index contributed by atoms with van der Waals surface area (Å²) >= 11 is 6.10. The van der Waals surface area contributed by atoms with Gasteiger partial charge in [0.25, 0.3) is 5.91 Å². The maximum atomic E-state index is 12.5. The van der Waals surface area contributed by atoms with E-state index < -0.39 is 0 Å². The number of pyridine rings is 1. The molecule has 3 rings (SSSR count). The van der Waals surface area contributed by atoms with Crippen molar-refractivity contribution >= 4 is 29.1 Å². The van der Waals surface area contributed by atoms with E-state index in [1.807, 2.05) is 38.1 Å². The van der Waals surface area contributed by atoms with Crippen molar-refractivity contribution in [2.45, 2.75) is 20.4 Å². The van der Waals surface area contributed by atoms with Crippen LogP contribution < -0.4 is 10.6 Å². The third-order valence-corrected chi connectivity index (χ3v) is 4.08. The molecule has 0 aliphatic heterocycles. The molecule has 0 spiro atoms. The highest BCUT2D eigenvalue weighted by Crippen LogP contribution is 2.20. The molecule has 1 amide bonds. The van der Waals surface area contributed by atoms with E-state index in [4.69, 9.17) is 11.6 Å². The van der Waals surface area contributed by atoms with Gasteiger partial charge in [-0.05, 0) is 49.7 Å². The van der Waals surface area contributed by atoms with Gasteiger partial charge in [0, 0.05) is 22.6 Å². The molecule has 0 saturated heterocycles. The van der Waals surface area contributed by atoms with Crippen LogP contribution in [0, 0.1) is 13.8 Å². The number of rotatable bonds is 5. The number of carbonyl (C=O) groups excluding carboxylic acids is 1. The monoisotopic (exact) mass is 367 g/mol. The lowest BCUT2D eigenvalue weighted by molar-refractivity contribution is 0.102. The Morgan fingerprint density at radius 2 is 1.96 bits per heavy atom. The van der Waals surface area contributed by atoms with Crippen LogP contribution in [0.25, 0.3) is 0 Å². The minimum Gasteiger partial charge on any atom is -0.349 e. The van der Waals surface area contributed by atoms with Gasteiger partial charge in [0.15, 0.2) is 0 Å². The molecule has 6 nitrogen and oxygen atoms in total. The number of anilines is 2. The van der Waals surface area contributed by atoms with Crippen molar-refractivity contribution in [3.63, 3.8) is 0 Å². The van der Waals surface area contributed by atoms with Gasteiger partial charge in [-0.2, -0.15) is 0 Å². The van der Waals surface area contributed by atoms with Crippen molar-refractivity contribution in [1.29, 1.82) is 0 Å². The van der Waals surface area contributed by atoms with Crippen LogP contribution in [0.15, 0.2) is 48.7 Å². The van der Waals surface area contributed by atoms with E-state index in [-0.39, 0.29) is 11.6 Å². The smallest absolute Gasteiger partial charge is 0.274 e. The molecule has 2 N–H and O–H groups in total. The van der Waals surface area contributed by atoms with Crippen molar-refractivity contribution in [3.8, 4) is 0 Å². The number of amides is 1. The number of nitrogens with one attached hydrogen (secondary N) is 2. The highest BCUT2D eigenvalue weighted by atomic mass is 35.5. The number of carbonyl (C=O) groups is 1. The van der Waals surface area contributed by atoms with Crippen molar-refractivity contribution in [2.24, 2.45) is 0 Å². The van der Waals surface area contributed by atoms with E-state index in [0.717, 1.165) is 11.3 Å². The number of hydrogen-bond acceptors (Lipinski definition) is 5. The second kappa shape index (κ2) is 7.93. The fourth-order valence-electron chi connectivity index (χ4n) is 2.30. The van der Waals surface area contributed by atoms with Crippen LogP contribution in [0.4, 0.5) is 11.6 Å². The molecule has 0 saturated carbocycles. The third kappa shape index (κ3) is 4.55. The average molecular weight is 368 g/mol. The molecule has 0 fully saturated rings. The molecule has 2 heterocycles. The average Bonchev–Trinajstić information content (AvgIpc) is 2.63. The topological polar surface area (TPSA) is 79.8 Å². The molecular weight excluding hydrogens is 350 g/mol. The highest BCUT2D eigenvalue weighted by Gasteiger charge is 2.12. The van der Waals surface area contributed by atoms with Crippen LogP contribution >= 0.6 is 11.6 Å². The third-order valence-electron chi connectivity index (χ3n) is 3.67. The Hall–Kier alpha value is -2.99. The predicted octanol–water partition coefficient (Wildman–Crippen LogP) is 4.01. The molecule has 0 bridgehead atoms. The number of halogens is 1. The van der Waals surface area contributed by atoms with E-state index in [2.05, 4.69) is 25.6 Å². The Bertz CT molecular complexity index is 930. The molecule has 0 aliphatic carbocycles. The molecule has 0 aliphatic rings. The zero-order valence-corrected chi connectivity index (χ0v) is 15.2. The maximum absolute atomic E-state index is 12.5. The maximum Gasteiger partial charge on any atom is 0.274 e. The Morgan fingerprint density at radius 1 is 1.12 bits per heavy atom. The van der Waals surface area contributed by atoms with E-state index in [9.17, 15) is 4.79 Å². The first kappa shape index (κ1) is 17.8. The van der Waals surface area contributed by atoms with Gasteiger partial charge in [0.1, 0.15) is 5.69 Å². The van der Waals surface area contributed by atoms with Gasteiger partial charge in [0.2, 0.25) is 5.95 Å². The fourth-order valence-corrected chi connectivity index (χ4v) is 2.48. The summed E-state index contributed by atoms with van der Waals surface area (Å²) in [7, 11) is 0. The molecule has 1 aromatic carbocycles. The molecule has 7 heteroatoms. The normalized spacial score (nSPS) is 10.4. The van der Waals surface area contributed by atoms with Crippen molar-refractivity contribution in [1.82, 2.24) is 15.0 Å². The van der Waals surface area contributed by atoms with Crippen LogP contribution in [-0.2, 0) is 6.54 Å². The van der Waals surface area contributed by atoms with Gasteiger partial charge in [-0.25, -0.2) is 9.97 Å². The molecule has 2 aromatic heterocycles. The summed E-state index contributed by atoms with van der Waals surface area (Å²) in [5, 5.41) is 6.49. The quantitative estimate of drug-likeness (QED) is 0.712. The molecule has 132 valence electrons.